The maximum atomic E-state index is 12.1. The van der Waals surface area contributed by atoms with E-state index in [4.69, 9.17) is 0 Å². The van der Waals surface area contributed by atoms with Crippen molar-refractivity contribution in [3.63, 3.8) is 0 Å². The molecule has 2 atom stereocenters. The zero-order valence-electron chi connectivity index (χ0n) is 18.2. The summed E-state index contributed by atoms with van der Waals surface area (Å²) in [5.74, 6) is 1.34. The lowest BCUT2D eigenvalue weighted by Crippen LogP contribution is -2.50. The van der Waals surface area contributed by atoms with Crippen LogP contribution in [-0.2, 0) is 14.6 Å². The van der Waals surface area contributed by atoms with Crippen molar-refractivity contribution in [3.8, 4) is 0 Å². The Balaban J connectivity index is 1.71. The molecule has 29 heavy (non-hydrogen) atoms. The fourth-order valence-electron chi connectivity index (χ4n) is 4.14. The maximum absolute atomic E-state index is 12.1. The molecule has 8 nitrogen and oxygen atoms in total. The maximum Gasteiger partial charge on any atom is 0.222 e. The van der Waals surface area contributed by atoms with Crippen LogP contribution in [0.1, 0.15) is 52.4 Å². The number of carbonyl (C=O) groups is 1. The Labute approximate surface area is 176 Å². The average Bonchev–Trinajstić information content (AvgIpc) is 2.85. The number of hydrogen-bond acceptors (Lipinski definition) is 5. The van der Waals surface area contributed by atoms with Gasteiger partial charge in [0.2, 0.25) is 5.91 Å². The molecule has 1 amide bonds. The van der Waals surface area contributed by atoms with Crippen LogP contribution in [0.2, 0.25) is 0 Å². The number of aliphatic imine (C=N–C) groups is 1. The molecule has 2 unspecified atom stereocenters. The van der Waals surface area contributed by atoms with E-state index >= 15 is 0 Å². The lowest BCUT2D eigenvalue weighted by atomic mass is 10.0. The standard InChI is InChI=1S/C20H39N5O3S/c1-16(2)18(25-11-6-4-5-7-12-25)14-23-20(21-3)22-10-8-19(26)24-17-9-13-29(27,28)15-17/h16-18H,4-15H2,1-3H3,(H,24,26)(H2,21,22,23). The summed E-state index contributed by atoms with van der Waals surface area (Å²) in [7, 11) is -1.25. The minimum atomic E-state index is -2.98. The van der Waals surface area contributed by atoms with Crippen LogP contribution in [0.15, 0.2) is 4.99 Å². The molecular weight excluding hydrogens is 390 g/mol. The topological polar surface area (TPSA) is 103 Å². The van der Waals surface area contributed by atoms with Crippen molar-refractivity contribution in [2.24, 2.45) is 10.9 Å². The van der Waals surface area contributed by atoms with Crippen LogP contribution in [0.25, 0.3) is 0 Å². The highest BCUT2D eigenvalue weighted by Gasteiger charge is 2.28. The van der Waals surface area contributed by atoms with E-state index in [0.717, 1.165) is 19.6 Å². The van der Waals surface area contributed by atoms with Gasteiger partial charge in [-0.15, -0.1) is 0 Å². The zero-order chi connectivity index (χ0) is 21.3. The van der Waals surface area contributed by atoms with E-state index in [2.05, 4.69) is 39.7 Å². The Bertz CT molecular complexity index is 643. The van der Waals surface area contributed by atoms with E-state index < -0.39 is 9.84 Å². The second kappa shape index (κ2) is 11.7. The number of sulfone groups is 1. The van der Waals surface area contributed by atoms with E-state index in [9.17, 15) is 13.2 Å². The molecule has 0 saturated carbocycles. The number of nitrogens with zero attached hydrogens (tertiary/aromatic N) is 2. The summed E-state index contributed by atoms with van der Waals surface area (Å²) in [5, 5.41) is 9.42. The molecular formula is C20H39N5O3S. The molecule has 2 rings (SSSR count). The third-order valence-electron chi connectivity index (χ3n) is 5.82. The van der Waals surface area contributed by atoms with Crippen molar-refractivity contribution in [2.75, 3.05) is 44.7 Å². The van der Waals surface area contributed by atoms with Gasteiger partial charge in [0.1, 0.15) is 0 Å². The molecule has 2 aliphatic rings. The molecule has 0 aliphatic carbocycles. The van der Waals surface area contributed by atoms with Gasteiger partial charge in [-0.3, -0.25) is 14.7 Å². The number of amides is 1. The third-order valence-corrected chi connectivity index (χ3v) is 7.59. The molecule has 2 fully saturated rings. The smallest absolute Gasteiger partial charge is 0.222 e. The molecule has 0 spiro atoms. The van der Waals surface area contributed by atoms with Gasteiger partial charge in [0.25, 0.3) is 0 Å². The monoisotopic (exact) mass is 429 g/mol. The van der Waals surface area contributed by atoms with Gasteiger partial charge in [0, 0.05) is 38.6 Å². The van der Waals surface area contributed by atoms with Gasteiger partial charge in [-0.05, 0) is 38.3 Å². The van der Waals surface area contributed by atoms with Crippen molar-refractivity contribution in [2.45, 2.75) is 64.5 Å². The van der Waals surface area contributed by atoms with Crippen molar-refractivity contribution in [3.05, 3.63) is 0 Å². The van der Waals surface area contributed by atoms with Crippen LogP contribution in [-0.4, -0.2) is 82.0 Å². The zero-order valence-corrected chi connectivity index (χ0v) is 19.1. The highest BCUT2D eigenvalue weighted by atomic mass is 32.2. The number of guanidine groups is 1. The Morgan fingerprint density at radius 3 is 2.38 bits per heavy atom. The normalized spacial score (nSPS) is 24.1. The molecule has 3 N–H and O–H groups in total. The molecule has 2 heterocycles. The summed E-state index contributed by atoms with van der Waals surface area (Å²) >= 11 is 0. The Morgan fingerprint density at radius 2 is 1.83 bits per heavy atom. The first-order valence-corrected chi connectivity index (χ1v) is 12.8. The van der Waals surface area contributed by atoms with Gasteiger partial charge in [-0.2, -0.15) is 0 Å². The fraction of sp³-hybridized carbons (Fsp3) is 0.900. The highest BCUT2D eigenvalue weighted by Crippen LogP contribution is 2.17. The minimum absolute atomic E-state index is 0.0580. The van der Waals surface area contributed by atoms with E-state index in [-0.39, 0.29) is 29.9 Å². The van der Waals surface area contributed by atoms with Crippen molar-refractivity contribution in [1.82, 2.24) is 20.9 Å². The Hall–Kier alpha value is -1.35. The Morgan fingerprint density at radius 1 is 1.14 bits per heavy atom. The van der Waals surface area contributed by atoms with Crippen LogP contribution in [0, 0.1) is 5.92 Å². The van der Waals surface area contributed by atoms with Gasteiger partial charge in [-0.25, -0.2) is 8.42 Å². The van der Waals surface area contributed by atoms with Crippen LogP contribution in [0.3, 0.4) is 0 Å². The number of nitrogens with one attached hydrogen (secondary N) is 3. The van der Waals surface area contributed by atoms with Crippen molar-refractivity contribution < 1.29 is 13.2 Å². The quantitative estimate of drug-likeness (QED) is 0.389. The number of likely N-dealkylation sites (tertiary alicyclic amines) is 1. The van der Waals surface area contributed by atoms with E-state index in [0.29, 0.717) is 30.9 Å². The second-order valence-corrected chi connectivity index (χ2v) is 10.8. The van der Waals surface area contributed by atoms with E-state index in [1.807, 2.05) is 0 Å². The van der Waals surface area contributed by atoms with Gasteiger partial charge < -0.3 is 16.0 Å². The summed E-state index contributed by atoms with van der Waals surface area (Å²) in [6.45, 7) is 8.13. The minimum Gasteiger partial charge on any atom is -0.356 e. The second-order valence-electron chi connectivity index (χ2n) is 8.56. The molecule has 0 radical (unpaired) electrons. The van der Waals surface area contributed by atoms with Crippen LogP contribution < -0.4 is 16.0 Å². The molecule has 2 saturated heterocycles. The van der Waals surface area contributed by atoms with Crippen LogP contribution >= 0.6 is 0 Å². The molecule has 9 heteroatoms. The largest absolute Gasteiger partial charge is 0.356 e. The van der Waals surface area contributed by atoms with Gasteiger partial charge in [0.05, 0.1) is 11.5 Å². The van der Waals surface area contributed by atoms with E-state index in [1.54, 1.807) is 7.05 Å². The SMILES string of the molecule is CN=C(NCCC(=O)NC1CCS(=O)(=O)C1)NCC(C(C)C)N1CCCCCC1. The van der Waals surface area contributed by atoms with Crippen LogP contribution in [0.4, 0.5) is 0 Å². The first-order valence-electron chi connectivity index (χ1n) is 11.0. The molecule has 168 valence electrons. The molecule has 0 aromatic heterocycles. The number of hydrogen-bond donors (Lipinski definition) is 3. The number of carbonyl (C=O) groups excluding carboxylic acids is 1. The van der Waals surface area contributed by atoms with Crippen molar-refractivity contribution >= 4 is 21.7 Å². The molecule has 0 aromatic carbocycles. The lowest BCUT2D eigenvalue weighted by Gasteiger charge is -2.34. The van der Waals surface area contributed by atoms with Crippen molar-refractivity contribution in [1.29, 1.82) is 0 Å². The predicted octanol–water partition coefficient (Wildman–Crippen LogP) is 0.745. The van der Waals surface area contributed by atoms with E-state index in [1.165, 1.54) is 25.7 Å². The molecule has 0 bridgehead atoms. The molecule has 0 aromatic rings. The first kappa shape index (κ1) is 23.9. The summed E-state index contributed by atoms with van der Waals surface area (Å²) in [5.41, 5.74) is 0. The fourth-order valence-corrected chi connectivity index (χ4v) is 5.81. The summed E-state index contributed by atoms with van der Waals surface area (Å²) in [4.78, 5) is 18.9. The Kier molecular flexibility index (Phi) is 9.68. The number of rotatable bonds is 8. The molecule has 2 aliphatic heterocycles. The predicted molar refractivity (Wildman–Crippen MR) is 118 cm³/mol. The highest BCUT2D eigenvalue weighted by molar-refractivity contribution is 7.91. The first-order chi connectivity index (χ1) is 13.8. The summed E-state index contributed by atoms with van der Waals surface area (Å²) < 4.78 is 23.0. The summed E-state index contributed by atoms with van der Waals surface area (Å²) in [6.07, 6.45) is 6.00. The van der Waals surface area contributed by atoms with Gasteiger partial charge in [0.15, 0.2) is 15.8 Å². The van der Waals surface area contributed by atoms with Gasteiger partial charge >= 0.3 is 0 Å². The third kappa shape index (κ3) is 8.50. The van der Waals surface area contributed by atoms with Gasteiger partial charge in [-0.1, -0.05) is 26.7 Å². The summed E-state index contributed by atoms with van der Waals surface area (Å²) in [6, 6.07) is 0.213. The van der Waals surface area contributed by atoms with Crippen LogP contribution in [0.5, 0.6) is 0 Å². The lowest BCUT2D eigenvalue weighted by molar-refractivity contribution is -0.121. The average molecular weight is 430 g/mol.